The van der Waals surface area contributed by atoms with E-state index < -0.39 is 0 Å². The standard InChI is InChI=1S/C11H10N2O2/c1-15-9-4-2-3-8(5-9)10-6-12-7-13-11(10)14/h2-7H,1H3,(H,12,13,14). The Kier molecular flexibility index (Phi) is 2.49. The molecule has 0 spiro atoms. The lowest BCUT2D eigenvalue weighted by atomic mass is 10.1. The fraction of sp³-hybridized carbons (Fsp3) is 0.0909. The van der Waals surface area contributed by atoms with Crippen LogP contribution in [0.4, 0.5) is 0 Å². The fourth-order valence-corrected chi connectivity index (χ4v) is 1.34. The van der Waals surface area contributed by atoms with E-state index in [0.29, 0.717) is 5.56 Å². The van der Waals surface area contributed by atoms with Crippen molar-refractivity contribution in [1.82, 2.24) is 9.97 Å². The summed E-state index contributed by atoms with van der Waals surface area (Å²) in [7, 11) is 1.59. The number of nitrogens with zero attached hydrogens (tertiary/aromatic N) is 1. The summed E-state index contributed by atoms with van der Waals surface area (Å²) in [6.07, 6.45) is 2.90. The van der Waals surface area contributed by atoms with Gasteiger partial charge >= 0.3 is 0 Å². The Morgan fingerprint density at radius 1 is 1.40 bits per heavy atom. The molecule has 0 aliphatic heterocycles. The third kappa shape index (κ3) is 1.88. The first-order valence-corrected chi connectivity index (χ1v) is 4.48. The van der Waals surface area contributed by atoms with E-state index in [1.54, 1.807) is 13.2 Å². The molecule has 1 aromatic heterocycles. The molecule has 0 saturated carbocycles. The van der Waals surface area contributed by atoms with E-state index in [9.17, 15) is 4.79 Å². The van der Waals surface area contributed by atoms with Crippen LogP contribution in [-0.2, 0) is 0 Å². The van der Waals surface area contributed by atoms with E-state index in [0.717, 1.165) is 11.3 Å². The maximum Gasteiger partial charge on any atom is 0.258 e. The van der Waals surface area contributed by atoms with Crippen LogP contribution in [0.5, 0.6) is 5.75 Å². The summed E-state index contributed by atoms with van der Waals surface area (Å²) in [6, 6.07) is 7.30. The lowest BCUT2D eigenvalue weighted by Crippen LogP contribution is -2.08. The molecule has 15 heavy (non-hydrogen) atoms. The highest BCUT2D eigenvalue weighted by atomic mass is 16.5. The van der Waals surface area contributed by atoms with Gasteiger partial charge in [-0.15, -0.1) is 0 Å². The average Bonchev–Trinajstić information content (AvgIpc) is 2.30. The van der Waals surface area contributed by atoms with E-state index in [-0.39, 0.29) is 5.56 Å². The minimum atomic E-state index is -0.154. The summed E-state index contributed by atoms with van der Waals surface area (Å²) in [5.74, 6) is 0.718. The van der Waals surface area contributed by atoms with Crippen LogP contribution >= 0.6 is 0 Å². The largest absolute Gasteiger partial charge is 0.497 e. The third-order valence-electron chi connectivity index (χ3n) is 2.10. The molecule has 1 aromatic carbocycles. The van der Waals surface area contributed by atoms with Gasteiger partial charge in [0.1, 0.15) is 5.75 Å². The highest BCUT2D eigenvalue weighted by molar-refractivity contribution is 5.62. The quantitative estimate of drug-likeness (QED) is 0.801. The van der Waals surface area contributed by atoms with Crippen LogP contribution in [0, 0.1) is 0 Å². The molecule has 2 rings (SSSR count). The number of hydrogen-bond acceptors (Lipinski definition) is 3. The van der Waals surface area contributed by atoms with Crippen molar-refractivity contribution in [2.24, 2.45) is 0 Å². The number of ether oxygens (including phenoxy) is 1. The van der Waals surface area contributed by atoms with Gasteiger partial charge in [0, 0.05) is 6.20 Å². The van der Waals surface area contributed by atoms with Crippen molar-refractivity contribution in [3.05, 3.63) is 47.1 Å². The normalized spacial score (nSPS) is 9.93. The maximum absolute atomic E-state index is 11.5. The van der Waals surface area contributed by atoms with Gasteiger partial charge in [0.25, 0.3) is 5.56 Å². The topological polar surface area (TPSA) is 55.0 Å². The van der Waals surface area contributed by atoms with Crippen molar-refractivity contribution in [3.8, 4) is 16.9 Å². The zero-order valence-corrected chi connectivity index (χ0v) is 8.23. The molecule has 0 aliphatic carbocycles. The van der Waals surface area contributed by atoms with Crippen LogP contribution in [0.2, 0.25) is 0 Å². The molecule has 76 valence electrons. The molecule has 0 unspecified atom stereocenters. The molecule has 0 amide bonds. The SMILES string of the molecule is COc1cccc(-c2cnc[nH]c2=O)c1. The molecular weight excluding hydrogens is 192 g/mol. The van der Waals surface area contributed by atoms with Crippen molar-refractivity contribution in [1.29, 1.82) is 0 Å². The molecule has 0 saturated heterocycles. The Morgan fingerprint density at radius 3 is 3.00 bits per heavy atom. The highest BCUT2D eigenvalue weighted by Crippen LogP contribution is 2.19. The van der Waals surface area contributed by atoms with E-state index in [1.165, 1.54) is 12.5 Å². The molecule has 0 atom stereocenters. The van der Waals surface area contributed by atoms with Crippen LogP contribution in [0.1, 0.15) is 0 Å². The van der Waals surface area contributed by atoms with Crippen LogP contribution in [-0.4, -0.2) is 17.1 Å². The maximum atomic E-state index is 11.5. The van der Waals surface area contributed by atoms with Crippen molar-refractivity contribution in [2.45, 2.75) is 0 Å². The Labute approximate surface area is 86.6 Å². The predicted molar refractivity (Wildman–Crippen MR) is 56.8 cm³/mol. The van der Waals surface area contributed by atoms with Crippen molar-refractivity contribution in [3.63, 3.8) is 0 Å². The number of nitrogens with one attached hydrogen (secondary N) is 1. The van der Waals surface area contributed by atoms with Crippen LogP contribution in [0.25, 0.3) is 11.1 Å². The Balaban J connectivity index is 2.54. The van der Waals surface area contributed by atoms with Gasteiger partial charge in [-0.3, -0.25) is 4.79 Å². The summed E-state index contributed by atoms with van der Waals surface area (Å²) < 4.78 is 5.08. The molecule has 1 heterocycles. The lowest BCUT2D eigenvalue weighted by molar-refractivity contribution is 0.415. The highest BCUT2D eigenvalue weighted by Gasteiger charge is 2.03. The number of hydrogen-bond donors (Lipinski definition) is 1. The van der Waals surface area contributed by atoms with Gasteiger partial charge in [-0.1, -0.05) is 12.1 Å². The number of benzene rings is 1. The van der Waals surface area contributed by atoms with Gasteiger partial charge < -0.3 is 9.72 Å². The number of rotatable bonds is 2. The molecule has 0 aliphatic rings. The van der Waals surface area contributed by atoms with Gasteiger partial charge in [0.05, 0.1) is 19.0 Å². The van der Waals surface area contributed by atoms with E-state index >= 15 is 0 Å². The number of methoxy groups -OCH3 is 1. The monoisotopic (exact) mass is 202 g/mol. The summed E-state index contributed by atoms with van der Waals surface area (Å²) in [5, 5.41) is 0. The molecule has 4 nitrogen and oxygen atoms in total. The zero-order valence-electron chi connectivity index (χ0n) is 8.23. The number of aromatic nitrogens is 2. The third-order valence-corrected chi connectivity index (χ3v) is 2.10. The van der Waals surface area contributed by atoms with Crippen LogP contribution in [0.15, 0.2) is 41.6 Å². The van der Waals surface area contributed by atoms with Gasteiger partial charge in [-0.2, -0.15) is 0 Å². The van der Waals surface area contributed by atoms with Crippen molar-refractivity contribution >= 4 is 0 Å². The molecular formula is C11H10N2O2. The minimum Gasteiger partial charge on any atom is -0.497 e. The van der Waals surface area contributed by atoms with Gasteiger partial charge in [-0.25, -0.2) is 4.98 Å². The number of H-pyrrole nitrogens is 1. The van der Waals surface area contributed by atoms with E-state index in [4.69, 9.17) is 4.74 Å². The molecule has 0 radical (unpaired) electrons. The summed E-state index contributed by atoms with van der Waals surface area (Å²) in [5.41, 5.74) is 1.18. The molecule has 0 bridgehead atoms. The van der Waals surface area contributed by atoms with Crippen LogP contribution in [0.3, 0.4) is 0 Å². The lowest BCUT2D eigenvalue weighted by Gasteiger charge is -2.02. The first-order chi connectivity index (χ1) is 7.31. The van der Waals surface area contributed by atoms with Crippen molar-refractivity contribution in [2.75, 3.05) is 7.11 Å². The first-order valence-electron chi connectivity index (χ1n) is 4.48. The second kappa shape index (κ2) is 3.96. The van der Waals surface area contributed by atoms with E-state index in [1.807, 2.05) is 18.2 Å². The molecule has 4 heteroatoms. The van der Waals surface area contributed by atoms with E-state index in [2.05, 4.69) is 9.97 Å². The van der Waals surface area contributed by atoms with Gasteiger partial charge in [0.15, 0.2) is 0 Å². The average molecular weight is 202 g/mol. The van der Waals surface area contributed by atoms with Crippen LogP contribution < -0.4 is 10.3 Å². The molecule has 0 fully saturated rings. The smallest absolute Gasteiger partial charge is 0.258 e. The number of aromatic amines is 1. The zero-order chi connectivity index (χ0) is 10.7. The summed E-state index contributed by atoms with van der Waals surface area (Å²) >= 11 is 0. The van der Waals surface area contributed by atoms with Gasteiger partial charge in [-0.05, 0) is 17.7 Å². The molecule has 2 aromatic rings. The first kappa shape index (κ1) is 9.45. The Hall–Kier alpha value is -2.10. The molecule has 1 N–H and O–H groups in total. The second-order valence-corrected chi connectivity index (χ2v) is 3.03. The fourth-order valence-electron chi connectivity index (χ4n) is 1.34. The van der Waals surface area contributed by atoms with Crippen molar-refractivity contribution < 1.29 is 4.74 Å². The van der Waals surface area contributed by atoms with Gasteiger partial charge in [0.2, 0.25) is 0 Å². The Bertz CT molecular complexity index is 520. The predicted octanol–water partition coefficient (Wildman–Crippen LogP) is 1.45. The summed E-state index contributed by atoms with van der Waals surface area (Å²) in [4.78, 5) is 17.9. The Morgan fingerprint density at radius 2 is 2.27 bits per heavy atom. The minimum absolute atomic E-state index is 0.154. The summed E-state index contributed by atoms with van der Waals surface area (Å²) in [6.45, 7) is 0. The second-order valence-electron chi connectivity index (χ2n) is 3.03.